The van der Waals surface area contributed by atoms with Crippen LogP contribution >= 0.6 is 11.3 Å². The van der Waals surface area contributed by atoms with Crippen LogP contribution in [-0.4, -0.2) is 5.91 Å². The number of nitrogens with two attached hydrogens (primary N) is 2. The third kappa shape index (κ3) is 2.73. The molecule has 0 saturated carbocycles. The summed E-state index contributed by atoms with van der Waals surface area (Å²) < 4.78 is 0. The van der Waals surface area contributed by atoms with Gasteiger partial charge in [0.25, 0.3) is 0 Å². The summed E-state index contributed by atoms with van der Waals surface area (Å²) in [5, 5.41) is 2.02. The molecule has 1 aromatic heterocycles. The zero-order valence-corrected chi connectivity index (χ0v) is 9.91. The fraction of sp³-hybridized carbons (Fsp3) is 0. The summed E-state index contributed by atoms with van der Waals surface area (Å²) in [5.41, 5.74) is 13.4. The number of benzene rings is 1. The smallest absolute Gasteiger partial charge is 0.241 e. The number of anilines is 1. The number of hydrogen-bond donors (Lipinski definition) is 2. The van der Waals surface area contributed by atoms with Gasteiger partial charge < -0.3 is 11.5 Å². The Balaban J connectivity index is 2.39. The van der Waals surface area contributed by atoms with Crippen molar-refractivity contribution in [2.75, 3.05) is 5.73 Å². The zero-order valence-electron chi connectivity index (χ0n) is 9.09. The standard InChI is InChI=1S/C13H12N2OS/c14-11-5-3-10(12-2-1-7-17-12)8-9(11)4-6-13(15)16/h1-8H,14H2,(H2,15,16). The molecule has 0 aliphatic rings. The molecule has 4 N–H and O–H groups in total. The van der Waals surface area contributed by atoms with Crippen molar-refractivity contribution >= 4 is 29.0 Å². The normalized spacial score (nSPS) is 10.8. The highest BCUT2D eigenvalue weighted by molar-refractivity contribution is 7.13. The lowest BCUT2D eigenvalue weighted by Gasteiger charge is -2.03. The van der Waals surface area contributed by atoms with E-state index >= 15 is 0 Å². The Labute approximate surface area is 103 Å². The van der Waals surface area contributed by atoms with Gasteiger partial charge in [-0.1, -0.05) is 12.1 Å². The van der Waals surface area contributed by atoms with Gasteiger partial charge in [0.2, 0.25) is 5.91 Å². The number of carbonyl (C=O) groups is 1. The van der Waals surface area contributed by atoms with Crippen LogP contribution in [-0.2, 0) is 4.79 Å². The number of rotatable bonds is 3. The number of amides is 1. The highest BCUT2D eigenvalue weighted by Crippen LogP contribution is 2.28. The Morgan fingerprint density at radius 1 is 1.29 bits per heavy atom. The second-order valence-corrected chi connectivity index (χ2v) is 4.50. The molecule has 1 heterocycles. The van der Waals surface area contributed by atoms with Crippen LogP contribution in [0.5, 0.6) is 0 Å². The van der Waals surface area contributed by atoms with Gasteiger partial charge in [0.05, 0.1) is 0 Å². The average molecular weight is 244 g/mol. The molecule has 2 rings (SSSR count). The maximum Gasteiger partial charge on any atom is 0.241 e. The van der Waals surface area contributed by atoms with E-state index in [-0.39, 0.29) is 0 Å². The Kier molecular flexibility index (Phi) is 3.25. The van der Waals surface area contributed by atoms with Gasteiger partial charge >= 0.3 is 0 Å². The SMILES string of the molecule is NC(=O)C=Cc1cc(-c2cccs2)ccc1N. The predicted molar refractivity (Wildman–Crippen MR) is 72.4 cm³/mol. The first-order chi connectivity index (χ1) is 8.16. The van der Waals surface area contributed by atoms with Gasteiger partial charge in [-0.3, -0.25) is 4.79 Å². The van der Waals surface area contributed by atoms with E-state index in [0.717, 1.165) is 11.1 Å². The van der Waals surface area contributed by atoms with Crippen LogP contribution in [0.25, 0.3) is 16.5 Å². The minimum absolute atomic E-state index is 0.481. The molecule has 0 aliphatic carbocycles. The first kappa shape index (κ1) is 11.4. The van der Waals surface area contributed by atoms with Gasteiger partial charge in [-0.25, -0.2) is 0 Å². The second-order valence-electron chi connectivity index (χ2n) is 3.56. The Morgan fingerprint density at radius 3 is 2.76 bits per heavy atom. The summed E-state index contributed by atoms with van der Waals surface area (Å²) in [6.07, 6.45) is 2.94. The van der Waals surface area contributed by atoms with Gasteiger partial charge in [0.1, 0.15) is 0 Å². The summed E-state index contributed by atoms with van der Waals surface area (Å²) in [5.74, 6) is -0.481. The van der Waals surface area contributed by atoms with Crippen LogP contribution in [0.3, 0.4) is 0 Å². The first-order valence-corrected chi connectivity index (χ1v) is 5.96. The molecule has 17 heavy (non-hydrogen) atoms. The molecule has 86 valence electrons. The van der Waals surface area contributed by atoms with Crippen molar-refractivity contribution in [1.29, 1.82) is 0 Å². The van der Waals surface area contributed by atoms with E-state index in [1.807, 2.05) is 35.7 Å². The summed E-state index contributed by atoms with van der Waals surface area (Å²) in [7, 11) is 0. The monoisotopic (exact) mass is 244 g/mol. The quantitative estimate of drug-likeness (QED) is 0.643. The molecule has 0 atom stereocenters. The molecular formula is C13H12N2OS. The lowest BCUT2D eigenvalue weighted by atomic mass is 10.1. The number of carbonyl (C=O) groups excluding carboxylic acids is 1. The Hall–Kier alpha value is -2.07. The molecule has 0 bridgehead atoms. The van der Waals surface area contributed by atoms with Crippen molar-refractivity contribution in [2.24, 2.45) is 5.73 Å². The van der Waals surface area contributed by atoms with Crippen molar-refractivity contribution in [3.8, 4) is 10.4 Å². The van der Waals surface area contributed by atoms with E-state index in [0.29, 0.717) is 5.69 Å². The number of nitrogen functional groups attached to an aromatic ring is 1. The van der Waals surface area contributed by atoms with Crippen molar-refractivity contribution < 1.29 is 4.79 Å². The number of hydrogen-bond acceptors (Lipinski definition) is 3. The molecule has 1 amide bonds. The van der Waals surface area contributed by atoms with Crippen molar-refractivity contribution in [1.82, 2.24) is 0 Å². The molecule has 2 aromatic rings. The minimum Gasteiger partial charge on any atom is -0.398 e. The Morgan fingerprint density at radius 2 is 2.12 bits per heavy atom. The maximum atomic E-state index is 10.7. The summed E-state index contributed by atoms with van der Waals surface area (Å²) in [6, 6.07) is 9.77. The topological polar surface area (TPSA) is 69.1 Å². The number of primary amides is 1. The van der Waals surface area contributed by atoms with Gasteiger partial charge in [-0.05, 0) is 40.8 Å². The van der Waals surface area contributed by atoms with E-state index in [1.165, 1.54) is 11.0 Å². The highest BCUT2D eigenvalue weighted by atomic mass is 32.1. The van der Waals surface area contributed by atoms with E-state index in [4.69, 9.17) is 11.5 Å². The molecule has 4 heteroatoms. The number of thiophene rings is 1. The summed E-state index contributed by atoms with van der Waals surface area (Å²) in [6.45, 7) is 0. The van der Waals surface area contributed by atoms with Crippen LogP contribution in [0.2, 0.25) is 0 Å². The predicted octanol–water partition coefficient (Wildman–Crippen LogP) is 2.50. The molecule has 0 radical (unpaired) electrons. The Bertz CT molecular complexity index is 559. The lowest BCUT2D eigenvalue weighted by Crippen LogP contribution is -2.05. The fourth-order valence-electron chi connectivity index (χ4n) is 1.49. The summed E-state index contributed by atoms with van der Waals surface area (Å²) in [4.78, 5) is 11.9. The molecule has 0 fully saturated rings. The first-order valence-electron chi connectivity index (χ1n) is 5.08. The molecule has 0 spiro atoms. The molecule has 3 nitrogen and oxygen atoms in total. The van der Waals surface area contributed by atoms with Crippen LogP contribution in [0, 0.1) is 0 Å². The van der Waals surface area contributed by atoms with Gasteiger partial charge in [-0.2, -0.15) is 0 Å². The second kappa shape index (κ2) is 4.84. The van der Waals surface area contributed by atoms with E-state index in [1.54, 1.807) is 17.4 Å². The minimum atomic E-state index is -0.481. The zero-order chi connectivity index (χ0) is 12.3. The molecule has 1 aromatic carbocycles. The maximum absolute atomic E-state index is 10.7. The van der Waals surface area contributed by atoms with Gasteiger partial charge in [0, 0.05) is 16.6 Å². The van der Waals surface area contributed by atoms with E-state index in [9.17, 15) is 4.79 Å². The van der Waals surface area contributed by atoms with E-state index < -0.39 is 5.91 Å². The molecule has 0 saturated heterocycles. The van der Waals surface area contributed by atoms with Crippen molar-refractivity contribution in [3.05, 3.63) is 47.4 Å². The van der Waals surface area contributed by atoms with Crippen LogP contribution in [0.4, 0.5) is 5.69 Å². The van der Waals surface area contributed by atoms with E-state index in [2.05, 4.69) is 0 Å². The molecule has 0 aliphatic heterocycles. The third-order valence-electron chi connectivity index (χ3n) is 2.32. The van der Waals surface area contributed by atoms with Crippen molar-refractivity contribution in [3.63, 3.8) is 0 Å². The van der Waals surface area contributed by atoms with Crippen LogP contribution < -0.4 is 11.5 Å². The van der Waals surface area contributed by atoms with Crippen LogP contribution in [0.1, 0.15) is 5.56 Å². The molecular weight excluding hydrogens is 232 g/mol. The summed E-state index contributed by atoms with van der Waals surface area (Å²) >= 11 is 1.66. The fourth-order valence-corrected chi connectivity index (χ4v) is 2.21. The van der Waals surface area contributed by atoms with Gasteiger partial charge in [0.15, 0.2) is 0 Å². The average Bonchev–Trinajstić information content (AvgIpc) is 2.81. The highest BCUT2D eigenvalue weighted by Gasteiger charge is 2.02. The lowest BCUT2D eigenvalue weighted by molar-refractivity contribution is -0.113. The van der Waals surface area contributed by atoms with Crippen LogP contribution in [0.15, 0.2) is 41.8 Å². The third-order valence-corrected chi connectivity index (χ3v) is 3.24. The molecule has 0 unspecified atom stereocenters. The van der Waals surface area contributed by atoms with Crippen molar-refractivity contribution in [2.45, 2.75) is 0 Å². The van der Waals surface area contributed by atoms with Gasteiger partial charge in [-0.15, -0.1) is 11.3 Å². The largest absolute Gasteiger partial charge is 0.398 e.